The predicted molar refractivity (Wildman–Crippen MR) is 111 cm³/mol. The van der Waals surface area contributed by atoms with Gasteiger partial charge in [0.1, 0.15) is 11.5 Å². The largest absolute Gasteiger partial charge is 0.497 e. The van der Waals surface area contributed by atoms with Crippen LogP contribution in [-0.2, 0) is 11.2 Å². The summed E-state index contributed by atoms with van der Waals surface area (Å²) in [7, 11) is 3.17. The van der Waals surface area contributed by atoms with Crippen molar-refractivity contribution in [3.05, 3.63) is 70.2 Å². The average Bonchev–Trinajstić information content (AvgIpc) is 2.70. The second-order valence-electron chi connectivity index (χ2n) is 5.83. The first-order chi connectivity index (χ1) is 13.1. The SMILES string of the molecule is COc1ccc(OC)c(C=NNC(=O)Cc2ccc(Br)c3ccccc23)c1. The van der Waals surface area contributed by atoms with Crippen molar-refractivity contribution in [1.82, 2.24) is 5.43 Å². The minimum Gasteiger partial charge on any atom is -0.497 e. The fourth-order valence-electron chi connectivity index (χ4n) is 2.81. The molecule has 6 heteroatoms. The van der Waals surface area contributed by atoms with E-state index in [0.29, 0.717) is 17.1 Å². The van der Waals surface area contributed by atoms with Gasteiger partial charge in [0.15, 0.2) is 0 Å². The van der Waals surface area contributed by atoms with Gasteiger partial charge >= 0.3 is 0 Å². The molecule has 0 saturated carbocycles. The molecule has 0 radical (unpaired) electrons. The summed E-state index contributed by atoms with van der Waals surface area (Å²) >= 11 is 3.54. The fraction of sp³-hybridized carbons (Fsp3) is 0.143. The van der Waals surface area contributed by atoms with Crippen LogP contribution in [0.4, 0.5) is 0 Å². The van der Waals surface area contributed by atoms with Crippen LogP contribution in [0.1, 0.15) is 11.1 Å². The fourth-order valence-corrected chi connectivity index (χ4v) is 3.28. The van der Waals surface area contributed by atoms with Crippen LogP contribution < -0.4 is 14.9 Å². The molecule has 1 amide bonds. The molecule has 0 aliphatic heterocycles. The van der Waals surface area contributed by atoms with E-state index in [4.69, 9.17) is 9.47 Å². The molecule has 1 N–H and O–H groups in total. The van der Waals surface area contributed by atoms with Gasteiger partial charge in [-0.05, 0) is 40.6 Å². The quantitative estimate of drug-likeness (QED) is 0.471. The van der Waals surface area contributed by atoms with Crippen LogP contribution in [0.5, 0.6) is 11.5 Å². The molecule has 5 nitrogen and oxygen atoms in total. The van der Waals surface area contributed by atoms with E-state index in [-0.39, 0.29) is 12.3 Å². The van der Waals surface area contributed by atoms with Gasteiger partial charge in [-0.15, -0.1) is 0 Å². The number of carbonyl (C=O) groups is 1. The van der Waals surface area contributed by atoms with Crippen molar-refractivity contribution >= 4 is 38.8 Å². The van der Waals surface area contributed by atoms with E-state index < -0.39 is 0 Å². The zero-order valence-corrected chi connectivity index (χ0v) is 16.6. The summed E-state index contributed by atoms with van der Waals surface area (Å²) in [5.41, 5.74) is 4.23. The van der Waals surface area contributed by atoms with Gasteiger partial charge in [-0.25, -0.2) is 5.43 Å². The first-order valence-electron chi connectivity index (χ1n) is 8.32. The molecule has 3 aromatic rings. The van der Waals surface area contributed by atoms with Crippen molar-refractivity contribution in [2.24, 2.45) is 5.10 Å². The zero-order valence-electron chi connectivity index (χ0n) is 15.0. The van der Waals surface area contributed by atoms with Crippen LogP contribution in [0.2, 0.25) is 0 Å². The van der Waals surface area contributed by atoms with Crippen LogP contribution in [0.15, 0.2) is 64.2 Å². The first-order valence-corrected chi connectivity index (χ1v) is 9.11. The summed E-state index contributed by atoms with van der Waals surface area (Å²) < 4.78 is 11.5. The number of fused-ring (bicyclic) bond motifs is 1. The Bertz CT molecular complexity index is 1000. The number of methoxy groups -OCH3 is 2. The Hall–Kier alpha value is -2.86. The molecule has 0 aliphatic carbocycles. The molecule has 0 heterocycles. The second kappa shape index (κ2) is 8.68. The summed E-state index contributed by atoms with van der Waals surface area (Å²) in [6.45, 7) is 0. The predicted octanol–water partition coefficient (Wildman–Crippen LogP) is 4.31. The van der Waals surface area contributed by atoms with Crippen molar-refractivity contribution in [2.75, 3.05) is 14.2 Å². The van der Waals surface area contributed by atoms with Crippen molar-refractivity contribution in [2.45, 2.75) is 6.42 Å². The number of nitrogens with one attached hydrogen (secondary N) is 1. The van der Waals surface area contributed by atoms with Gasteiger partial charge in [-0.2, -0.15) is 5.10 Å². The lowest BCUT2D eigenvalue weighted by molar-refractivity contribution is -0.120. The normalized spacial score (nSPS) is 10.9. The maximum atomic E-state index is 12.3. The molecule has 3 rings (SSSR count). The highest BCUT2D eigenvalue weighted by Gasteiger charge is 2.08. The highest BCUT2D eigenvalue weighted by molar-refractivity contribution is 9.10. The minimum atomic E-state index is -0.194. The zero-order chi connectivity index (χ0) is 19.2. The number of benzene rings is 3. The first kappa shape index (κ1) is 18.9. The van der Waals surface area contributed by atoms with Gasteiger partial charge < -0.3 is 9.47 Å². The lowest BCUT2D eigenvalue weighted by atomic mass is 10.0. The summed E-state index contributed by atoms with van der Waals surface area (Å²) in [5, 5.41) is 6.17. The number of ether oxygens (including phenoxy) is 2. The molecule has 0 bridgehead atoms. The van der Waals surface area contributed by atoms with E-state index >= 15 is 0 Å². The number of carbonyl (C=O) groups excluding carboxylic acids is 1. The maximum absolute atomic E-state index is 12.3. The number of halogens is 1. The number of hydrazone groups is 1. The van der Waals surface area contributed by atoms with E-state index in [1.54, 1.807) is 38.6 Å². The number of rotatable bonds is 6. The van der Waals surface area contributed by atoms with Gasteiger partial charge in [0, 0.05) is 10.0 Å². The van der Waals surface area contributed by atoms with E-state index in [1.165, 1.54) is 0 Å². The smallest absolute Gasteiger partial charge is 0.244 e. The monoisotopic (exact) mass is 426 g/mol. The van der Waals surface area contributed by atoms with Gasteiger partial charge in [0.2, 0.25) is 5.91 Å². The molecule has 0 fully saturated rings. The van der Waals surface area contributed by atoms with E-state index in [2.05, 4.69) is 26.5 Å². The van der Waals surface area contributed by atoms with Gasteiger partial charge in [-0.1, -0.05) is 46.3 Å². The third-order valence-corrected chi connectivity index (χ3v) is 4.83. The van der Waals surface area contributed by atoms with Crippen LogP contribution in [-0.4, -0.2) is 26.3 Å². The van der Waals surface area contributed by atoms with Crippen LogP contribution in [0.3, 0.4) is 0 Å². The summed E-state index contributed by atoms with van der Waals surface area (Å²) in [6.07, 6.45) is 1.78. The van der Waals surface area contributed by atoms with Crippen LogP contribution >= 0.6 is 15.9 Å². The van der Waals surface area contributed by atoms with Crippen molar-refractivity contribution in [3.8, 4) is 11.5 Å². The molecule has 138 valence electrons. The standard InChI is InChI=1S/C21H19BrN2O3/c1-26-16-8-10-20(27-2)15(11-16)13-23-24-21(25)12-14-7-9-19(22)18-6-4-3-5-17(14)18/h3-11,13H,12H2,1-2H3,(H,24,25). The van der Waals surface area contributed by atoms with Gasteiger partial charge in [0.05, 0.1) is 26.9 Å². The number of hydrogen-bond acceptors (Lipinski definition) is 4. The lowest BCUT2D eigenvalue weighted by Crippen LogP contribution is -2.20. The molecule has 0 spiro atoms. The number of hydrogen-bond donors (Lipinski definition) is 1. The molecule has 0 saturated heterocycles. The maximum Gasteiger partial charge on any atom is 0.244 e. The molecule has 0 unspecified atom stereocenters. The summed E-state index contributed by atoms with van der Waals surface area (Å²) in [4.78, 5) is 12.3. The van der Waals surface area contributed by atoms with Crippen molar-refractivity contribution in [3.63, 3.8) is 0 Å². The van der Waals surface area contributed by atoms with E-state index in [9.17, 15) is 4.79 Å². The molecule has 0 atom stereocenters. The Kier molecular flexibility index (Phi) is 6.08. The molecule has 3 aromatic carbocycles. The van der Waals surface area contributed by atoms with E-state index in [0.717, 1.165) is 20.8 Å². The molecular formula is C21H19BrN2O3. The van der Waals surface area contributed by atoms with Crippen LogP contribution in [0, 0.1) is 0 Å². The summed E-state index contributed by atoms with van der Waals surface area (Å²) in [5.74, 6) is 1.14. The summed E-state index contributed by atoms with van der Waals surface area (Å²) in [6, 6.07) is 17.2. The number of amides is 1. The molecule has 27 heavy (non-hydrogen) atoms. The third kappa shape index (κ3) is 4.46. The second-order valence-corrected chi connectivity index (χ2v) is 6.68. The van der Waals surface area contributed by atoms with Crippen molar-refractivity contribution in [1.29, 1.82) is 0 Å². The van der Waals surface area contributed by atoms with E-state index in [1.807, 2.05) is 36.4 Å². The van der Waals surface area contributed by atoms with Gasteiger partial charge in [0.25, 0.3) is 0 Å². The molecular weight excluding hydrogens is 408 g/mol. The Balaban J connectivity index is 1.72. The van der Waals surface area contributed by atoms with Gasteiger partial charge in [-0.3, -0.25) is 4.79 Å². The molecule has 0 aliphatic rings. The topological polar surface area (TPSA) is 59.9 Å². The number of nitrogens with zero attached hydrogens (tertiary/aromatic N) is 1. The van der Waals surface area contributed by atoms with Crippen molar-refractivity contribution < 1.29 is 14.3 Å². The Morgan fingerprint density at radius 3 is 2.59 bits per heavy atom. The Morgan fingerprint density at radius 2 is 1.85 bits per heavy atom. The Morgan fingerprint density at radius 1 is 1.07 bits per heavy atom. The average molecular weight is 427 g/mol. The Labute approximate surface area is 166 Å². The van der Waals surface area contributed by atoms with Crippen LogP contribution in [0.25, 0.3) is 10.8 Å². The third-order valence-electron chi connectivity index (χ3n) is 4.14. The minimum absolute atomic E-state index is 0.194. The highest BCUT2D eigenvalue weighted by atomic mass is 79.9. The lowest BCUT2D eigenvalue weighted by Gasteiger charge is -2.08. The molecule has 0 aromatic heterocycles. The highest BCUT2D eigenvalue weighted by Crippen LogP contribution is 2.27.